The normalized spacial score (nSPS) is 45.7. The van der Waals surface area contributed by atoms with Crippen LogP contribution in [-0.4, -0.2) is 29.2 Å². The summed E-state index contributed by atoms with van der Waals surface area (Å²) >= 11 is 0. The van der Waals surface area contributed by atoms with Gasteiger partial charge in [-0.05, 0) is 64.2 Å². The van der Waals surface area contributed by atoms with Gasteiger partial charge in [0.15, 0.2) is 5.79 Å². The van der Waals surface area contributed by atoms with Crippen molar-refractivity contribution < 1.29 is 14.2 Å². The first kappa shape index (κ1) is 14.5. The fraction of sp³-hybridized carbons (Fsp3) is 0.667. The predicted octanol–water partition coefficient (Wildman–Crippen LogP) is 3.21. The molecule has 1 unspecified atom stereocenters. The van der Waals surface area contributed by atoms with E-state index in [2.05, 4.69) is 26.0 Å². The number of fused-ring (bicyclic) bond motifs is 5. The Labute approximate surface area is 131 Å². The fourth-order valence-corrected chi connectivity index (χ4v) is 4.67. The van der Waals surface area contributed by atoms with Gasteiger partial charge in [-0.15, -0.1) is 0 Å². The Balaban J connectivity index is 1.67. The number of anilines is 1. The van der Waals surface area contributed by atoms with Crippen molar-refractivity contribution in [2.75, 3.05) is 5.73 Å². The van der Waals surface area contributed by atoms with Crippen LogP contribution < -0.4 is 5.73 Å². The SMILES string of the molecule is CC1(C)O[C@@H]2[C@H](O1)[C@@]1(C)CC(c3ccc(N)cc3)C[C@]2(C)O1. The number of hydrogen-bond acceptors (Lipinski definition) is 4. The average molecular weight is 303 g/mol. The van der Waals surface area contributed by atoms with Crippen molar-refractivity contribution in [2.45, 2.75) is 75.7 Å². The first-order chi connectivity index (χ1) is 10.2. The topological polar surface area (TPSA) is 53.7 Å². The minimum atomic E-state index is -0.518. The van der Waals surface area contributed by atoms with E-state index in [0.29, 0.717) is 5.92 Å². The third-order valence-electron chi connectivity index (χ3n) is 5.48. The molecule has 3 fully saturated rings. The van der Waals surface area contributed by atoms with Gasteiger partial charge in [0.2, 0.25) is 0 Å². The van der Waals surface area contributed by atoms with Crippen molar-refractivity contribution in [1.82, 2.24) is 0 Å². The molecule has 4 nitrogen and oxygen atoms in total. The molecule has 5 atom stereocenters. The van der Waals surface area contributed by atoms with Crippen LogP contribution in [-0.2, 0) is 14.2 Å². The van der Waals surface area contributed by atoms with E-state index < -0.39 is 5.79 Å². The number of nitrogen functional groups attached to an aromatic ring is 1. The Morgan fingerprint density at radius 2 is 1.41 bits per heavy atom. The van der Waals surface area contributed by atoms with Crippen molar-refractivity contribution >= 4 is 5.69 Å². The Hall–Kier alpha value is -1.10. The molecule has 4 rings (SSSR count). The van der Waals surface area contributed by atoms with E-state index in [9.17, 15) is 0 Å². The Bertz CT molecular complexity index is 571. The molecule has 22 heavy (non-hydrogen) atoms. The summed E-state index contributed by atoms with van der Waals surface area (Å²) in [6.07, 6.45) is 1.91. The van der Waals surface area contributed by atoms with Gasteiger partial charge >= 0.3 is 0 Å². The maximum Gasteiger partial charge on any atom is 0.164 e. The average Bonchev–Trinajstić information content (AvgIpc) is 2.82. The summed E-state index contributed by atoms with van der Waals surface area (Å²) in [6.45, 7) is 8.32. The lowest BCUT2D eigenvalue weighted by Crippen LogP contribution is -2.46. The van der Waals surface area contributed by atoms with E-state index in [4.69, 9.17) is 19.9 Å². The molecule has 2 bridgehead atoms. The van der Waals surface area contributed by atoms with Gasteiger partial charge in [0.25, 0.3) is 0 Å². The number of rotatable bonds is 1. The van der Waals surface area contributed by atoms with Crippen LogP contribution in [0.15, 0.2) is 24.3 Å². The van der Waals surface area contributed by atoms with Crippen molar-refractivity contribution in [2.24, 2.45) is 0 Å². The second kappa shape index (κ2) is 4.25. The smallest absolute Gasteiger partial charge is 0.164 e. The molecule has 0 amide bonds. The molecule has 0 radical (unpaired) electrons. The lowest BCUT2D eigenvalue weighted by Gasteiger charge is -2.43. The molecule has 1 aromatic rings. The van der Waals surface area contributed by atoms with E-state index in [-0.39, 0.29) is 23.4 Å². The van der Waals surface area contributed by atoms with Gasteiger partial charge in [-0.2, -0.15) is 0 Å². The molecule has 1 aromatic carbocycles. The monoisotopic (exact) mass is 303 g/mol. The third-order valence-corrected chi connectivity index (χ3v) is 5.48. The van der Waals surface area contributed by atoms with Gasteiger partial charge in [-0.25, -0.2) is 0 Å². The fourth-order valence-electron chi connectivity index (χ4n) is 4.67. The summed E-state index contributed by atoms with van der Waals surface area (Å²) in [5, 5.41) is 0. The quantitative estimate of drug-likeness (QED) is 0.809. The van der Waals surface area contributed by atoms with Crippen LogP contribution >= 0.6 is 0 Å². The maximum atomic E-state index is 6.43. The Kier molecular flexibility index (Phi) is 2.80. The summed E-state index contributed by atoms with van der Waals surface area (Å²) < 4.78 is 18.8. The van der Waals surface area contributed by atoms with E-state index in [1.54, 1.807) is 0 Å². The second-order valence-electron chi connectivity index (χ2n) is 7.98. The highest BCUT2D eigenvalue weighted by Crippen LogP contribution is 2.58. The number of ether oxygens (including phenoxy) is 3. The van der Waals surface area contributed by atoms with Crippen LogP contribution in [0.1, 0.15) is 52.0 Å². The van der Waals surface area contributed by atoms with E-state index >= 15 is 0 Å². The molecule has 2 N–H and O–H groups in total. The first-order valence-corrected chi connectivity index (χ1v) is 8.12. The van der Waals surface area contributed by atoms with Gasteiger partial charge in [0.1, 0.15) is 12.2 Å². The molecule has 0 aliphatic carbocycles. The molecule has 4 heteroatoms. The van der Waals surface area contributed by atoms with Crippen molar-refractivity contribution in [3.05, 3.63) is 29.8 Å². The Morgan fingerprint density at radius 1 is 0.909 bits per heavy atom. The van der Waals surface area contributed by atoms with Crippen LogP contribution in [0.4, 0.5) is 5.69 Å². The van der Waals surface area contributed by atoms with Gasteiger partial charge < -0.3 is 19.9 Å². The van der Waals surface area contributed by atoms with E-state index in [1.165, 1.54) is 5.56 Å². The van der Waals surface area contributed by atoms with Gasteiger partial charge in [0.05, 0.1) is 11.2 Å². The molecule has 3 heterocycles. The molecule has 3 aliphatic rings. The highest BCUT2D eigenvalue weighted by atomic mass is 16.8. The third kappa shape index (κ3) is 2.01. The van der Waals surface area contributed by atoms with E-state index in [1.807, 2.05) is 26.0 Å². The zero-order valence-electron chi connectivity index (χ0n) is 13.8. The number of benzene rings is 1. The van der Waals surface area contributed by atoms with Gasteiger partial charge in [0, 0.05) is 5.69 Å². The lowest BCUT2D eigenvalue weighted by atomic mass is 9.80. The van der Waals surface area contributed by atoms with Crippen molar-refractivity contribution in [3.8, 4) is 0 Å². The summed E-state index contributed by atoms with van der Waals surface area (Å²) in [6, 6.07) is 8.24. The summed E-state index contributed by atoms with van der Waals surface area (Å²) in [5.74, 6) is -0.0689. The molecular formula is C18H25NO3. The zero-order chi connectivity index (χ0) is 15.8. The number of hydrogen-bond donors (Lipinski definition) is 1. The van der Waals surface area contributed by atoms with Crippen LogP contribution in [0, 0.1) is 0 Å². The maximum absolute atomic E-state index is 6.43. The van der Waals surface area contributed by atoms with E-state index in [0.717, 1.165) is 18.5 Å². The molecule has 120 valence electrons. The summed E-state index contributed by atoms with van der Waals surface area (Å²) in [4.78, 5) is 0. The number of nitrogens with two attached hydrogens (primary N) is 1. The molecular weight excluding hydrogens is 278 g/mol. The lowest BCUT2D eigenvalue weighted by molar-refractivity contribution is -0.242. The highest BCUT2D eigenvalue weighted by molar-refractivity contribution is 5.41. The first-order valence-electron chi connectivity index (χ1n) is 8.12. The zero-order valence-corrected chi connectivity index (χ0v) is 13.8. The Morgan fingerprint density at radius 3 is 1.91 bits per heavy atom. The standard InChI is InChI=1S/C18H25NO3/c1-16(2)20-14-15(21-16)18(4)10-12(9-17(14,3)22-18)11-5-7-13(19)8-6-11/h5-8,12,14-15H,9-10,19H2,1-4H3/t12?,14-,15+,17+,18-. The summed E-state index contributed by atoms with van der Waals surface area (Å²) in [5.41, 5.74) is 7.36. The minimum absolute atomic E-state index is 0.00582. The molecule has 0 spiro atoms. The largest absolute Gasteiger partial charge is 0.399 e. The second-order valence-corrected chi connectivity index (χ2v) is 7.98. The van der Waals surface area contributed by atoms with Gasteiger partial charge in [-0.1, -0.05) is 12.1 Å². The minimum Gasteiger partial charge on any atom is -0.399 e. The van der Waals surface area contributed by atoms with Crippen LogP contribution in [0.25, 0.3) is 0 Å². The van der Waals surface area contributed by atoms with Crippen molar-refractivity contribution in [1.29, 1.82) is 0 Å². The molecule has 0 aromatic heterocycles. The molecule has 3 aliphatic heterocycles. The van der Waals surface area contributed by atoms with Crippen molar-refractivity contribution in [3.63, 3.8) is 0 Å². The molecule has 3 saturated heterocycles. The predicted molar refractivity (Wildman–Crippen MR) is 84.5 cm³/mol. The highest BCUT2D eigenvalue weighted by Gasteiger charge is 2.68. The van der Waals surface area contributed by atoms with Crippen LogP contribution in [0.3, 0.4) is 0 Å². The van der Waals surface area contributed by atoms with Crippen LogP contribution in [0.2, 0.25) is 0 Å². The van der Waals surface area contributed by atoms with Crippen LogP contribution in [0.5, 0.6) is 0 Å². The molecule has 0 saturated carbocycles. The van der Waals surface area contributed by atoms with Gasteiger partial charge in [-0.3, -0.25) is 0 Å². The summed E-state index contributed by atoms with van der Waals surface area (Å²) in [7, 11) is 0.